The van der Waals surface area contributed by atoms with Crippen molar-refractivity contribution in [2.75, 3.05) is 11.9 Å². The van der Waals surface area contributed by atoms with Crippen molar-refractivity contribution in [3.05, 3.63) is 59.7 Å². The summed E-state index contributed by atoms with van der Waals surface area (Å²) in [7, 11) is 1.86. The highest BCUT2D eigenvalue weighted by Gasteiger charge is 2.25. The predicted molar refractivity (Wildman–Crippen MR) is 126 cm³/mol. The molecule has 1 amide bonds. The van der Waals surface area contributed by atoms with Crippen LogP contribution in [0.25, 0.3) is 22.6 Å². The summed E-state index contributed by atoms with van der Waals surface area (Å²) in [5, 5.41) is 4.38. The molecule has 1 aromatic heterocycles. The van der Waals surface area contributed by atoms with Crippen LogP contribution in [0.1, 0.15) is 51.7 Å². The Labute approximate surface area is 185 Å². The molecule has 162 valence electrons. The number of fused-ring (bicyclic) bond motifs is 3. The van der Waals surface area contributed by atoms with Crippen LogP contribution in [-0.2, 0) is 17.6 Å². The van der Waals surface area contributed by atoms with Crippen molar-refractivity contribution < 1.29 is 9.32 Å². The molecule has 0 spiro atoms. The fourth-order valence-corrected chi connectivity index (χ4v) is 4.74. The highest BCUT2D eigenvalue weighted by Crippen LogP contribution is 2.38. The number of anilines is 1. The van der Waals surface area contributed by atoms with Gasteiger partial charge in [0.25, 0.3) is 0 Å². The van der Waals surface area contributed by atoms with Crippen LogP contribution >= 0.6 is 0 Å². The SMILES string of the molecule is C[C@@H](CC(=O)N(C)c1ccc(-c2onc3c2CCc2ccccc2-3)cc1)CC(C)(C)C. The summed E-state index contributed by atoms with van der Waals surface area (Å²) in [5.74, 6) is 1.35. The standard InChI is InChI=1S/C27H32N2O2/c1-18(17-27(2,3)4)16-24(30)29(5)21-13-10-20(11-14-21)26-23-15-12-19-8-6-7-9-22(19)25(23)28-31-26/h6-11,13-14,18H,12,15-17H2,1-5H3/t18-/m0/s1. The minimum atomic E-state index is 0.151. The molecule has 1 heterocycles. The van der Waals surface area contributed by atoms with Gasteiger partial charge in [0.2, 0.25) is 5.91 Å². The Morgan fingerprint density at radius 1 is 1.10 bits per heavy atom. The number of hydrogen-bond donors (Lipinski definition) is 0. The number of aromatic nitrogens is 1. The lowest BCUT2D eigenvalue weighted by Crippen LogP contribution is -2.28. The molecule has 0 saturated heterocycles. The lowest BCUT2D eigenvalue weighted by atomic mass is 9.84. The molecule has 0 fully saturated rings. The number of carbonyl (C=O) groups is 1. The third-order valence-electron chi connectivity index (χ3n) is 6.08. The fourth-order valence-electron chi connectivity index (χ4n) is 4.74. The minimum absolute atomic E-state index is 0.151. The normalized spacial score (nSPS) is 14.0. The van der Waals surface area contributed by atoms with Gasteiger partial charge in [0.05, 0.1) is 0 Å². The van der Waals surface area contributed by atoms with Crippen LogP contribution in [0.3, 0.4) is 0 Å². The van der Waals surface area contributed by atoms with Crippen LogP contribution in [0.5, 0.6) is 0 Å². The molecular weight excluding hydrogens is 384 g/mol. The second-order valence-electron chi connectivity index (χ2n) is 10.1. The molecule has 31 heavy (non-hydrogen) atoms. The first-order chi connectivity index (χ1) is 14.7. The summed E-state index contributed by atoms with van der Waals surface area (Å²) in [6, 6.07) is 16.4. The van der Waals surface area contributed by atoms with E-state index in [1.54, 1.807) is 4.90 Å². The highest BCUT2D eigenvalue weighted by molar-refractivity contribution is 5.93. The summed E-state index contributed by atoms with van der Waals surface area (Å²) in [6.45, 7) is 8.82. The van der Waals surface area contributed by atoms with E-state index in [0.717, 1.165) is 42.0 Å². The maximum absolute atomic E-state index is 12.8. The molecule has 3 aromatic rings. The summed E-state index contributed by atoms with van der Waals surface area (Å²) in [6.07, 6.45) is 3.52. The van der Waals surface area contributed by atoms with Crippen LogP contribution < -0.4 is 4.90 Å². The Balaban J connectivity index is 1.50. The van der Waals surface area contributed by atoms with Gasteiger partial charge in [-0.05, 0) is 60.4 Å². The monoisotopic (exact) mass is 416 g/mol. The molecule has 4 nitrogen and oxygen atoms in total. The summed E-state index contributed by atoms with van der Waals surface area (Å²) in [4.78, 5) is 14.5. The predicted octanol–water partition coefficient (Wildman–Crippen LogP) is 6.53. The molecule has 0 N–H and O–H groups in total. The zero-order valence-electron chi connectivity index (χ0n) is 19.2. The van der Waals surface area contributed by atoms with Crippen molar-refractivity contribution in [3.63, 3.8) is 0 Å². The number of nitrogens with zero attached hydrogens (tertiary/aromatic N) is 2. The van der Waals surface area contributed by atoms with Crippen LogP contribution in [-0.4, -0.2) is 18.1 Å². The van der Waals surface area contributed by atoms with E-state index in [-0.39, 0.29) is 11.3 Å². The number of carbonyl (C=O) groups excluding carboxylic acids is 1. The largest absolute Gasteiger partial charge is 0.355 e. The van der Waals surface area contributed by atoms with Crippen molar-refractivity contribution in [2.24, 2.45) is 11.3 Å². The number of rotatable bonds is 5. The zero-order chi connectivity index (χ0) is 22.2. The first-order valence-electron chi connectivity index (χ1n) is 11.2. The molecule has 4 heteroatoms. The van der Waals surface area contributed by atoms with Crippen molar-refractivity contribution in [2.45, 2.75) is 53.4 Å². The van der Waals surface area contributed by atoms with Crippen LogP contribution in [0.15, 0.2) is 53.1 Å². The molecule has 1 atom stereocenters. The van der Waals surface area contributed by atoms with Crippen LogP contribution in [0.4, 0.5) is 5.69 Å². The van der Waals surface area contributed by atoms with Crippen molar-refractivity contribution in [3.8, 4) is 22.6 Å². The molecule has 1 aliphatic carbocycles. The molecule has 2 aromatic carbocycles. The molecular formula is C27H32N2O2. The topological polar surface area (TPSA) is 46.3 Å². The van der Waals surface area contributed by atoms with Crippen molar-refractivity contribution in [1.29, 1.82) is 0 Å². The van der Waals surface area contributed by atoms with E-state index in [1.807, 2.05) is 37.4 Å². The van der Waals surface area contributed by atoms with E-state index >= 15 is 0 Å². The molecule has 1 aliphatic rings. The Morgan fingerprint density at radius 2 is 1.81 bits per heavy atom. The highest BCUT2D eigenvalue weighted by atomic mass is 16.5. The van der Waals surface area contributed by atoms with E-state index in [0.29, 0.717) is 12.3 Å². The number of hydrogen-bond acceptors (Lipinski definition) is 3. The van der Waals surface area contributed by atoms with E-state index in [9.17, 15) is 4.79 Å². The maximum atomic E-state index is 12.8. The van der Waals surface area contributed by atoms with E-state index in [1.165, 1.54) is 16.7 Å². The number of aryl methyl sites for hydroxylation is 1. The quantitative estimate of drug-likeness (QED) is 0.475. The zero-order valence-corrected chi connectivity index (χ0v) is 19.2. The van der Waals surface area contributed by atoms with E-state index in [4.69, 9.17) is 4.52 Å². The van der Waals surface area contributed by atoms with E-state index < -0.39 is 0 Å². The molecule has 0 saturated carbocycles. The summed E-state index contributed by atoms with van der Waals surface area (Å²) in [5.41, 5.74) is 6.76. The fraction of sp³-hybridized carbons (Fsp3) is 0.407. The van der Waals surface area contributed by atoms with Gasteiger partial charge in [-0.1, -0.05) is 57.1 Å². The Hall–Kier alpha value is -2.88. The van der Waals surface area contributed by atoms with Crippen molar-refractivity contribution in [1.82, 2.24) is 5.16 Å². The van der Waals surface area contributed by atoms with Gasteiger partial charge in [0.1, 0.15) is 5.69 Å². The lowest BCUT2D eigenvalue weighted by molar-refractivity contribution is -0.119. The smallest absolute Gasteiger partial charge is 0.226 e. The van der Waals surface area contributed by atoms with Gasteiger partial charge >= 0.3 is 0 Å². The Morgan fingerprint density at radius 3 is 2.52 bits per heavy atom. The second-order valence-corrected chi connectivity index (χ2v) is 10.1. The average Bonchev–Trinajstić information content (AvgIpc) is 3.16. The number of amides is 1. The first-order valence-corrected chi connectivity index (χ1v) is 11.2. The van der Waals surface area contributed by atoms with Crippen LogP contribution in [0, 0.1) is 11.3 Å². The summed E-state index contributed by atoms with van der Waals surface area (Å²) < 4.78 is 5.78. The molecule has 0 bridgehead atoms. The van der Waals surface area contributed by atoms with Gasteiger partial charge in [-0.15, -0.1) is 0 Å². The lowest BCUT2D eigenvalue weighted by Gasteiger charge is -2.25. The van der Waals surface area contributed by atoms with Gasteiger partial charge in [-0.2, -0.15) is 0 Å². The minimum Gasteiger partial charge on any atom is -0.355 e. The first kappa shape index (κ1) is 21.4. The third-order valence-corrected chi connectivity index (χ3v) is 6.08. The van der Waals surface area contributed by atoms with Crippen molar-refractivity contribution >= 4 is 11.6 Å². The van der Waals surface area contributed by atoms with Gasteiger partial charge < -0.3 is 9.42 Å². The van der Waals surface area contributed by atoms with Crippen LogP contribution in [0.2, 0.25) is 0 Å². The summed E-state index contributed by atoms with van der Waals surface area (Å²) >= 11 is 0. The second kappa shape index (κ2) is 8.33. The number of benzene rings is 2. The maximum Gasteiger partial charge on any atom is 0.226 e. The van der Waals surface area contributed by atoms with Gasteiger partial charge in [0.15, 0.2) is 5.76 Å². The molecule has 0 radical (unpaired) electrons. The van der Waals surface area contributed by atoms with Gasteiger partial charge in [-0.3, -0.25) is 4.79 Å². The molecule has 4 rings (SSSR count). The Bertz CT molecular complexity index is 1070. The molecule has 0 unspecified atom stereocenters. The molecule has 0 aliphatic heterocycles. The van der Waals surface area contributed by atoms with Gasteiger partial charge in [0, 0.05) is 35.8 Å². The average molecular weight is 417 g/mol. The Kier molecular flexibility index (Phi) is 5.74. The van der Waals surface area contributed by atoms with Gasteiger partial charge in [-0.25, -0.2) is 0 Å². The van der Waals surface area contributed by atoms with E-state index in [2.05, 4.69) is 51.1 Å². The third kappa shape index (κ3) is 4.58.